The molecule has 0 aliphatic heterocycles. The largest absolute Gasteiger partial charge is 0.463 e. The summed E-state index contributed by atoms with van der Waals surface area (Å²) in [5.74, 6) is 0.0468. The Bertz CT molecular complexity index is 1150. The molecule has 2 heterocycles. The Labute approximate surface area is 167 Å². The number of hydrogen-bond donors (Lipinski definition) is 1. The van der Waals surface area contributed by atoms with Gasteiger partial charge in [0, 0.05) is 18.1 Å². The van der Waals surface area contributed by atoms with Crippen molar-refractivity contribution < 1.29 is 14.0 Å². The van der Waals surface area contributed by atoms with Gasteiger partial charge in [0.15, 0.2) is 5.76 Å². The lowest BCUT2D eigenvalue weighted by molar-refractivity contribution is -0.116. The van der Waals surface area contributed by atoms with Crippen LogP contribution >= 0.6 is 0 Å². The number of nitrogens with zero attached hydrogens (tertiary/aromatic N) is 2. The zero-order chi connectivity index (χ0) is 20.2. The first-order chi connectivity index (χ1) is 14.1. The van der Waals surface area contributed by atoms with E-state index in [1.807, 2.05) is 42.5 Å². The van der Waals surface area contributed by atoms with Crippen molar-refractivity contribution in [1.29, 1.82) is 0 Å². The van der Waals surface area contributed by atoms with Crippen LogP contribution in [0.2, 0.25) is 0 Å². The number of fused-ring (bicyclic) bond motifs is 1. The summed E-state index contributed by atoms with van der Waals surface area (Å²) < 4.78 is 5.44. The first-order valence-electron chi connectivity index (χ1n) is 9.16. The van der Waals surface area contributed by atoms with E-state index in [-0.39, 0.29) is 18.4 Å². The van der Waals surface area contributed by atoms with E-state index in [0.717, 1.165) is 5.39 Å². The topological polar surface area (TPSA) is 75.4 Å². The van der Waals surface area contributed by atoms with E-state index >= 15 is 0 Å². The van der Waals surface area contributed by atoms with E-state index in [1.165, 1.54) is 4.90 Å². The molecule has 4 aromatic rings. The van der Waals surface area contributed by atoms with Crippen LogP contribution in [0.3, 0.4) is 0 Å². The number of carbonyl (C=O) groups excluding carboxylic acids is 2. The van der Waals surface area contributed by atoms with Crippen LogP contribution in [0.25, 0.3) is 22.4 Å². The third-order valence-electron chi connectivity index (χ3n) is 4.51. The van der Waals surface area contributed by atoms with E-state index in [1.54, 1.807) is 43.6 Å². The second kappa shape index (κ2) is 7.98. The summed E-state index contributed by atoms with van der Waals surface area (Å²) in [6, 6.07) is 21.8. The van der Waals surface area contributed by atoms with Crippen molar-refractivity contribution in [2.24, 2.45) is 0 Å². The van der Waals surface area contributed by atoms with Crippen molar-refractivity contribution in [3.05, 3.63) is 84.6 Å². The minimum Gasteiger partial charge on any atom is -0.463 e. The van der Waals surface area contributed by atoms with E-state index < -0.39 is 0 Å². The zero-order valence-electron chi connectivity index (χ0n) is 15.8. The molecule has 2 aromatic heterocycles. The van der Waals surface area contributed by atoms with Gasteiger partial charge in [-0.1, -0.05) is 36.4 Å². The third-order valence-corrected chi connectivity index (χ3v) is 4.51. The molecular formula is C23H19N3O3. The molecule has 4 rings (SSSR count). The van der Waals surface area contributed by atoms with Gasteiger partial charge in [-0.15, -0.1) is 0 Å². The lowest BCUT2D eigenvalue weighted by Crippen LogP contribution is -2.35. The lowest BCUT2D eigenvalue weighted by atomic mass is 10.1. The summed E-state index contributed by atoms with van der Waals surface area (Å²) >= 11 is 0. The third kappa shape index (κ3) is 4.01. The highest BCUT2D eigenvalue weighted by Crippen LogP contribution is 2.26. The molecule has 2 amide bonds. The van der Waals surface area contributed by atoms with Crippen molar-refractivity contribution in [2.45, 2.75) is 0 Å². The number of nitrogens with one attached hydrogen (secondary N) is 1. The van der Waals surface area contributed by atoms with E-state index in [4.69, 9.17) is 4.42 Å². The van der Waals surface area contributed by atoms with Crippen LogP contribution in [0.15, 0.2) is 83.5 Å². The number of rotatable bonds is 5. The minimum absolute atomic E-state index is 0.0690. The van der Waals surface area contributed by atoms with E-state index in [0.29, 0.717) is 28.2 Å². The number of hydrogen-bond acceptors (Lipinski definition) is 4. The zero-order valence-corrected chi connectivity index (χ0v) is 15.8. The van der Waals surface area contributed by atoms with Crippen LogP contribution in [0.1, 0.15) is 10.4 Å². The molecule has 0 fully saturated rings. The molecule has 0 spiro atoms. The fourth-order valence-corrected chi connectivity index (χ4v) is 3.12. The fourth-order valence-electron chi connectivity index (χ4n) is 3.12. The van der Waals surface area contributed by atoms with E-state index in [9.17, 15) is 9.59 Å². The number of anilines is 1. The number of aromatic nitrogens is 1. The normalized spacial score (nSPS) is 10.7. The first kappa shape index (κ1) is 18.4. The lowest BCUT2D eigenvalue weighted by Gasteiger charge is -2.18. The summed E-state index contributed by atoms with van der Waals surface area (Å²) in [6.07, 6.45) is 1.56. The van der Waals surface area contributed by atoms with Crippen molar-refractivity contribution in [1.82, 2.24) is 9.88 Å². The molecule has 29 heavy (non-hydrogen) atoms. The number of amides is 2. The average Bonchev–Trinajstić information content (AvgIpc) is 3.28. The maximum absolute atomic E-state index is 13.2. The minimum atomic E-state index is -0.267. The number of furan rings is 1. The van der Waals surface area contributed by atoms with Crippen LogP contribution < -0.4 is 5.32 Å². The van der Waals surface area contributed by atoms with Gasteiger partial charge in [-0.3, -0.25) is 9.59 Å². The Balaban J connectivity index is 1.61. The fraction of sp³-hybridized carbons (Fsp3) is 0.0870. The Morgan fingerprint density at radius 3 is 2.52 bits per heavy atom. The average molecular weight is 385 g/mol. The summed E-state index contributed by atoms with van der Waals surface area (Å²) in [5, 5.41) is 3.52. The van der Waals surface area contributed by atoms with E-state index in [2.05, 4.69) is 10.3 Å². The molecule has 0 bridgehead atoms. The van der Waals surface area contributed by atoms with Gasteiger partial charge in [0.05, 0.1) is 23.9 Å². The van der Waals surface area contributed by atoms with Gasteiger partial charge in [0.2, 0.25) is 5.91 Å². The molecule has 0 aliphatic rings. The number of likely N-dealkylation sites (N-methyl/N-ethyl adjacent to an activating group) is 1. The van der Waals surface area contributed by atoms with Crippen molar-refractivity contribution in [2.75, 3.05) is 18.9 Å². The monoisotopic (exact) mass is 385 g/mol. The Hall–Kier alpha value is -3.93. The smallest absolute Gasteiger partial charge is 0.254 e. The van der Waals surface area contributed by atoms with Crippen LogP contribution in [-0.2, 0) is 4.79 Å². The highest BCUT2D eigenvalue weighted by molar-refractivity contribution is 6.08. The second-order valence-electron chi connectivity index (χ2n) is 6.62. The van der Waals surface area contributed by atoms with Gasteiger partial charge in [-0.2, -0.15) is 0 Å². The van der Waals surface area contributed by atoms with Crippen molar-refractivity contribution in [3.8, 4) is 11.5 Å². The Morgan fingerprint density at radius 1 is 1.00 bits per heavy atom. The van der Waals surface area contributed by atoms with Crippen LogP contribution in [0.4, 0.5) is 5.69 Å². The number of benzene rings is 2. The molecule has 144 valence electrons. The summed E-state index contributed by atoms with van der Waals surface area (Å²) in [5.41, 5.74) is 2.41. The van der Waals surface area contributed by atoms with Gasteiger partial charge in [-0.05, 0) is 36.4 Å². The van der Waals surface area contributed by atoms with Gasteiger partial charge < -0.3 is 14.6 Å². The van der Waals surface area contributed by atoms with Crippen molar-refractivity contribution in [3.63, 3.8) is 0 Å². The first-order valence-corrected chi connectivity index (χ1v) is 9.16. The van der Waals surface area contributed by atoms with Crippen LogP contribution in [-0.4, -0.2) is 35.3 Å². The van der Waals surface area contributed by atoms with Gasteiger partial charge >= 0.3 is 0 Å². The standard InChI is InChI=1S/C23H19N3O3/c1-26(15-22(27)24-16-8-3-2-4-9-16)23(28)18-14-20(21-12-7-13-29-21)25-19-11-6-5-10-17(18)19/h2-14H,15H2,1H3,(H,24,27). The summed E-state index contributed by atoms with van der Waals surface area (Å²) in [4.78, 5) is 31.5. The Kier molecular flexibility index (Phi) is 5.07. The molecular weight excluding hydrogens is 366 g/mol. The molecule has 0 aliphatic carbocycles. The highest BCUT2D eigenvalue weighted by Gasteiger charge is 2.20. The maximum Gasteiger partial charge on any atom is 0.254 e. The van der Waals surface area contributed by atoms with Crippen LogP contribution in [0.5, 0.6) is 0 Å². The summed E-state index contributed by atoms with van der Waals surface area (Å²) in [6.45, 7) is -0.0690. The molecule has 0 saturated heterocycles. The summed E-state index contributed by atoms with van der Waals surface area (Å²) in [7, 11) is 1.61. The molecule has 0 saturated carbocycles. The van der Waals surface area contributed by atoms with Crippen LogP contribution in [0, 0.1) is 0 Å². The van der Waals surface area contributed by atoms with Gasteiger partial charge in [0.1, 0.15) is 5.69 Å². The number of pyridine rings is 1. The molecule has 0 unspecified atom stereocenters. The molecule has 6 nitrogen and oxygen atoms in total. The molecule has 2 aromatic carbocycles. The highest BCUT2D eigenvalue weighted by atomic mass is 16.3. The SMILES string of the molecule is CN(CC(=O)Nc1ccccc1)C(=O)c1cc(-c2ccco2)nc2ccccc12. The maximum atomic E-state index is 13.2. The predicted molar refractivity (Wildman–Crippen MR) is 111 cm³/mol. The van der Waals surface area contributed by atoms with Crippen molar-refractivity contribution >= 4 is 28.4 Å². The molecule has 0 radical (unpaired) electrons. The molecule has 6 heteroatoms. The quantitative estimate of drug-likeness (QED) is 0.558. The Morgan fingerprint density at radius 2 is 1.76 bits per heavy atom. The van der Waals surface area contributed by atoms with Gasteiger partial charge in [-0.25, -0.2) is 4.98 Å². The molecule has 1 N–H and O–H groups in total. The predicted octanol–water partition coefficient (Wildman–Crippen LogP) is 4.21. The van der Waals surface area contributed by atoms with Gasteiger partial charge in [0.25, 0.3) is 5.91 Å². The number of para-hydroxylation sites is 2. The second-order valence-corrected chi connectivity index (χ2v) is 6.62. The molecule has 0 atom stereocenters. The number of carbonyl (C=O) groups is 2.